The molecule has 20 heavy (non-hydrogen) atoms. The van der Waals surface area contributed by atoms with Gasteiger partial charge >= 0.3 is 5.97 Å². The van der Waals surface area contributed by atoms with Crippen molar-refractivity contribution in [3.05, 3.63) is 34.9 Å². The van der Waals surface area contributed by atoms with E-state index in [0.29, 0.717) is 18.0 Å². The zero-order chi connectivity index (χ0) is 14.9. The summed E-state index contributed by atoms with van der Waals surface area (Å²) in [4.78, 5) is 25.3. The lowest BCUT2D eigenvalue weighted by molar-refractivity contribution is -0.147. The maximum Gasteiger partial charge on any atom is 0.311 e. The molecule has 5 heteroatoms. The Morgan fingerprint density at radius 2 is 2.15 bits per heavy atom. The minimum absolute atomic E-state index is 0.0442. The van der Waals surface area contributed by atoms with Crippen LogP contribution in [0.5, 0.6) is 0 Å². The van der Waals surface area contributed by atoms with Gasteiger partial charge in [-0.05, 0) is 38.0 Å². The van der Waals surface area contributed by atoms with Gasteiger partial charge in [-0.15, -0.1) is 0 Å². The molecule has 1 heterocycles. The monoisotopic (exact) mass is 295 g/mol. The minimum Gasteiger partial charge on any atom is -0.481 e. The van der Waals surface area contributed by atoms with E-state index in [1.54, 1.807) is 24.0 Å². The zero-order valence-electron chi connectivity index (χ0n) is 11.6. The van der Waals surface area contributed by atoms with E-state index in [0.717, 1.165) is 5.56 Å². The maximum absolute atomic E-state index is 12.5. The third-order valence-corrected chi connectivity index (χ3v) is 4.26. The fraction of sp³-hybridized carbons (Fsp3) is 0.467. The molecule has 0 bridgehead atoms. The van der Waals surface area contributed by atoms with E-state index in [9.17, 15) is 14.7 Å². The number of carboxylic acids is 1. The number of amides is 1. The van der Waals surface area contributed by atoms with Crippen LogP contribution in [0.3, 0.4) is 0 Å². The van der Waals surface area contributed by atoms with Gasteiger partial charge in [0.1, 0.15) is 0 Å². The number of carboxylic acid groups (broad SMARTS) is 1. The summed E-state index contributed by atoms with van der Waals surface area (Å²) in [5.74, 6) is -1.20. The number of hydrogen-bond acceptors (Lipinski definition) is 2. The third kappa shape index (κ3) is 2.80. The molecule has 108 valence electrons. The number of rotatable bonds is 3. The Hall–Kier alpha value is -1.55. The molecule has 1 amide bonds. The number of hydrogen-bond donors (Lipinski definition) is 1. The molecule has 0 aromatic heterocycles. The number of nitrogens with zero attached hydrogens (tertiary/aromatic N) is 1. The first-order chi connectivity index (χ1) is 9.33. The first-order valence-electron chi connectivity index (χ1n) is 6.61. The van der Waals surface area contributed by atoms with E-state index in [1.165, 1.54) is 0 Å². The molecule has 0 aliphatic carbocycles. The van der Waals surface area contributed by atoms with Gasteiger partial charge < -0.3 is 10.0 Å². The highest BCUT2D eigenvalue weighted by Gasteiger charge is 2.42. The smallest absolute Gasteiger partial charge is 0.311 e. The SMILES string of the molecule is CC(C(=O)N1CCC(C)(C(=O)O)C1)c1cccc(Cl)c1. The molecule has 1 fully saturated rings. The zero-order valence-corrected chi connectivity index (χ0v) is 12.4. The molecule has 1 aromatic rings. The number of carbonyl (C=O) groups excluding carboxylic acids is 1. The highest BCUT2D eigenvalue weighted by molar-refractivity contribution is 6.30. The Morgan fingerprint density at radius 3 is 2.70 bits per heavy atom. The van der Waals surface area contributed by atoms with Crippen LogP contribution in [0, 0.1) is 5.41 Å². The number of carbonyl (C=O) groups is 2. The van der Waals surface area contributed by atoms with Gasteiger partial charge in [-0.2, -0.15) is 0 Å². The quantitative estimate of drug-likeness (QED) is 0.933. The third-order valence-electron chi connectivity index (χ3n) is 4.02. The maximum atomic E-state index is 12.5. The number of benzene rings is 1. The predicted molar refractivity (Wildman–Crippen MR) is 76.8 cm³/mol. The van der Waals surface area contributed by atoms with Gasteiger partial charge in [-0.25, -0.2) is 0 Å². The highest BCUT2D eigenvalue weighted by Crippen LogP contribution is 2.32. The van der Waals surface area contributed by atoms with E-state index < -0.39 is 11.4 Å². The van der Waals surface area contributed by atoms with Crippen LogP contribution in [0.15, 0.2) is 24.3 Å². The van der Waals surface area contributed by atoms with Gasteiger partial charge in [0.15, 0.2) is 0 Å². The van der Waals surface area contributed by atoms with Crippen molar-refractivity contribution in [2.75, 3.05) is 13.1 Å². The summed E-state index contributed by atoms with van der Waals surface area (Å²) in [5.41, 5.74) is 0.0235. The van der Waals surface area contributed by atoms with Gasteiger partial charge in [-0.3, -0.25) is 9.59 Å². The molecule has 1 N–H and O–H groups in total. The van der Waals surface area contributed by atoms with Crippen LogP contribution in [-0.4, -0.2) is 35.0 Å². The Labute approximate surface area is 123 Å². The molecular formula is C15H18ClNO3. The van der Waals surface area contributed by atoms with Gasteiger partial charge in [-0.1, -0.05) is 23.7 Å². The second-order valence-corrected chi connectivity index (χ2v) is 6.09. The topological polar surface area (TPSA) is 57.6 Å². The van der Waals surface area contributed by atoms with Crippen molar-refractivity contribution in [2.45, 2.75) is 26.2 Å². The summed E-state index contributed by atoms with van der Waals surface area (Å²) in [6.45, 7) is 4.27. The summed E-state index contributed by atoms with van der Waals surface area (Å²) in [6.07, 6.45) is 0.496. The van der Waals surface area contributed by atoms with Crippen LogP contribution < -0.4 is 0 Å². The summed E-state index contributed by atoms with van der Waals surface area (Å²) in [5, 5.41) is 9.80. The molecule has 1 aromatic carbocycles. The van der Waals surface area contributed by atoms with Crippen molar-refractivity contribution < 1.29 is 14.7 Å². The predicted octanol–water partition coefficient (Wildman–Crippen LogP) is 2.77. The molecule has 1 aliphatic heterocycles. The molecule has 2 atom stereocenters. The van der Waals surface area contributed by atoms with E-state index in [-0.39, 0.29) is 18.4 Å². The second kappa shape index (κ2) is 5.44. The fourth-order valence-electron chi connectivity index (χ4n) is 2.52. The van der Waals surface area contributed by atoms with Gasteiger partial charge in [0.25, 0.3) is 0 Å². The number of aliphatic carboxylic acids is 1. The van der Waals surface area contributed by atoms with Crippen molar-refractivity contribution in [3.63, 3.8) is 0 Å². The minimum atomic E-state index is -0.844. The molecule has 0 radical (unpaired) electrons. The molecule has 2 rings (SSSR count). The van der Waals surface area contributed by atoms with E-state index in [1.807, 2.05) is 19.1 Å². The van der Waals surface area contributed by atoms with Crippen molar-refractivity contribution in [1.82, 2.24) is 4.90 Å². The fourth-order valence-corrected chi connectivity index (χ4v) is 2.71. The average molecular weight is 296 g/mol. The second-order valence-electron chi connectivity index (χ2n) is 5.65. The van der Waals surface area contributed by atoms with Crippen LogP contribution >= 0.6 is 11.6 Å². The Morgan fingerprint density at radius 1 is 1.45 bits per heavy atom. The van der Waals surface area contributed by atoms with Crippen molar-refractivity contribution in [2.24, 2.45) is 5.41 Å². The summed E-state index contributed by atoms with van der Waals surface area (Å²) in [7, 11) is 0. The van der Waals surface area contributed by atoms with E-state index in [2.05, 4.69) is 0 Å². The van der Waals surface area contributed by atoms with Crippen LogP contribution in [0.2, 0.25) is 5.02 Å². The largest absolute Gasteiger partial charge is 0.481 e. The molecule has 1 aliphatic rings. The Bertz CT molecular complexity index is 546. The van der Waals surface area contributed by atoms with Gasteiger partial charge in [0.2, 0.25) is 5.91 Å². The first-order valence-corrected chi connectivity index (χ1v) is 6.99. The lowest BCUT2D eigenvalue weighted by atomic mass is 9.90. The van der Waals surface area contributed by atoms with Gasteiger partial charge in [0.05, 0.1) is 11.3 Å². The standard InChI is InChI=1S/C15H18ClNO3/c1-10(11-4-3-5-12(16)8-11)13(18)17-7-6-15(2,9-17)14(19)20/h3-5,8,10H,6-7,9H2,1-2H3,(H,19,20). The molecular weight excluding hydrogens is 278 g/mol. The van der Waals surface area contributed by atoms with Crippen LogP contribution in [0.1, 0.15) is 31.7 Å². The molecule has 2 unspecified atom stereocenters. The summed E-state index contributed by atoms with van der Waals surface area (Å²) in [6, 6.07) is 7.21. The lowest BCUT2D eigenvalue weighted by Crippen LogP contribution is -2.36. The molecule has 0 saturated carbocycles. The summed E-state index contributed by atoms with van der Waals surface area (Å²) < 4.78 is 0. The lowest BCUT2D eigenvalue weighted by Gasteiger charge is -2.23. The normalized spacial score (nSPS) is 23.6. The van der Waals surface area contributed by atoms with Crippen LogP contribution in [0.25, 0.3) is 0 Å². The van der Waals surface area contributed by atoms with Crippen molar-refractivity contribution >= 4 is 23.5 Å². The molecule has 1 saturated heterocycles. The van der Waals surface area contributed by atoms with Crippen LogP contribution in [0.4, 0.5) is 0 Å². The average Bonchev–Trinajstić information content (AvgIpc) is 2.81. The summed E-state index contributed by atoms with van der Waals surface area (Å²) >= 11 is 5.94. The Balaban J connectivity index is 2.11. The molecule has 4 nitrogen and oxygen atoms in total. The van der Waals surface area contributed by atoms with Gasteiger partial charge in [0, 0.05) is 18.1 Å². The van der Waals surface area contributed by atoms with Crippen LogP contribution in [-0.2, 0) is 9.59 Å². The Kier molecular flexibility index (Phi) is 4.04. The number of halogens is 1. The van der Waals surface area contributed by atoms with E-state index in [4.69, 9.17) is 11.6 Å². The molecule has 0 spiro atoms. The van der Waals surface area contributed by atoms with Crippen molar-refractivity contribution in [3.8, 4) is 0 Å². The highest BCUT2D eigenvalue weighted by atomic mass is 35.5. The first kappa shape index (κ1) is 14.9. The number of likely N-dealkylation sites (tertiary alicyclic amines) is 1. The van der Waals surface area contributed by atoms with Crippen molar-refractivity contribution in [1.29, 1.82) is 0 Å². The van der Waals surface area contributed by atoms with E-state index >= 15 is 0 Å².